The van der Waals surface area contributed by atoms with Gasteiger partial charge in [0.1, 0.15) is 0 Å². The van der Waals surface area contributed by atoms with Gasteiger partial charge in [0.05, 0.1) is 0 Å². The second-order valence-corrected chi connectivity index (χ2v) is 7.18. The number of rotatable bonds is 5. The van der Waals surface area contributed by atoms with Gasteiger partial charge in [-0.25, -0.2) is 0 Å². The van der Waals surface area contributed by atoms with Gasteiger partial charge in [-0.15, -0.1) is 0 Å². The fourth-order valence-corrected chi connectivity index (χ4v) is 3.62. The summed E-state index contributed by atoms with van der Waals surface area (Å²) in [5.41, 5.74) is 1.11. The molecule has 0 aliphatic carbocycles. The van der Waals surface area contributed by atoms with Gasteiger partial charge in [0, 0.05) is 0 Å². The number of ether oxygens (including phenoxy) is 1. The Kier molecular flexibility index (Phi) is 4.80. The fourth-order valence-electron chi connectivity index (χ4n) is 1.73. The minimum atomic E-state index is -0.955. The molecule has 0 radical (unpaired) electrons. The topological polar surface area (TPSA) is 59.4 Å². The van der Waals surface area contributed by atoms with Crippen molar-refractivity contribution in [3.8, 4) is 15.9 Å². The number of aromatic nitrogens is 1. The summed E-state index contributed by atoms with van der Waals surface area (Å²) in [6, 6.07) is 4.64. The molecule has 1 aromatic carbocycles. The monoisotopic (exact) mass is 357 g/mol. The van der Waals surface area contributed by atoms with Crippen LogP contribution in [-0.4, -0.2) is 37.2 Å². The standard InChI is InChI=1S/C15H16FNO3Se/c1-8(2)7-20-12-5-4-10(6-11(12)16)14-17-9(3)13(21-14)15(18)19/h4-6,8H,7H2,1-3H3,(H,18,19). The molecular weight excluding hydrogens is 340 g/mol. The number of aryl methyl sites for hydroxylation is 1. The van der Waals surface area contributed by atoms with Gasteiger partial charge in [0.2, 0.25) is 0 Å². The molecule has 0 spiro atoms. The molecule has 6 heteroatoms. The van der Waals surface area contributed by atoms with E-state index in [4.69, 9.17) is 9.84 Å². The zero-order valence-corrected chi connectivity index (χ0v) is 13.7. The molecule has 1 heterocycles. The quantitative estimate of drug-likeness (QED) is 0.837. The van der Waals surface area contributed by atoms with Gasteiger partial charge in [-0.1, -0.05) is 0 Å². The van der Waals surface area contributed by atoms with Gasteiger partial charge in [-0.3, -0.25) is 0 Å². The van der Waals surface area contributed by atoms with E-state index < -0.39 is 26.3 Å². The van der Waals surface area contributed by atoms with Crippen LogP contribution in [-0.2, 0) is 0 Å². The van der Waals surface area contributed by atoms with Gasteiger partial charge in [0.15, 0.2) is 0 Å². The average molecular weight is 356 g/mol. The Morgan fingerprint density at radius 3 is 2.71 bits per heavy atom. The summed E-state index contributed by atoms with van der Waals surface area (Å²) in [5, 5.41) is 9.06. The van der Waals surface area contributed by atoms with Gasteiger partial charge in [0.25, 0.3) is 0 Å². The van der Waals surface area contributed by atoms with Crippen LogP contribution in [0.2, 0.25) is 0 Å². The van der Waals surface area contributed by atoms with Gasteiger partial charge < -0.3 is 0 Å². The Morgan fingerprint density at radius 2 is 2.19 bits per heavy atom. The summed E-state index contributed by atoms with van der Waals surface area (Å²) in [6.07, 6.45) is 0. The van der Waals surface area contributed by atoms with Crippen LogP contribution in [0.25, 0.3) is 10.1 Å². The Hall–Kier alpha value is -1.65. The van der Waals surface area contributed by atoms with E-state index in [1.165, 1.54) is 6.07 Å². The number of carbonyl (C=O) groups is 1. The third kappa shape index (κ3) is 3.71. The fraction of sp³-hybridized carbons (Fsp3) is 0.333. The summed E-state index contributed by atoms with van der Waals surface area (Å²) in [4.78, 5) is 15.3. The molecular formula is C15H16FNO3Se. The maximum absolute atomic E-state index is 14.0. The number of halogens is 1. The average Bonchev–Trinajstić information content (AvgIpc) is 2.79. The zero-order valence-electron chi connectivity index (χ0n) is 12.0. The number of carboxylic acids is 1. The molecule has 21 heavy (non-hydrogen) atoms. The summed E-state index contributed by atoms with van der Waals surface area (Å²) in [7, 11) is 0. The first-order valence-corrected chi connectivity index (χ1v) is 8.23. The molecule has 4 nitrogen and oxygen atoms in total. The second kappa shape index (κ2) is 6.41. The molecule has 0 atom stereocenters. The summed E-state index contributed by atoms with van der Waals surface area (Å²) in [5.74, 6) is -0.880. The van der Waals surface area contributed by atoms with Crippen molar-refractivity contribution in [1.29, 1.82) is 0 Å². The first-order chi connectivity index (χ1) is 9.88. The molecule has 0 amide bonds. The third-order valence-corrected chi connectivity index (χ3v) is 5.25. The van der Waals surface area contributed by atoms with E-state index in [-0.39, 0.29) is 5.75 Å². The predicted octanol–water partition coefficient (Wildman–Crippen LogP) is 2.99. The van der Waals surface area contributed by atoms with Crippen LogP contribution >= 0.6 is 0 Å². The maximum atomic E-state index is 14.0. The molecule has 0 bridgehead atoms. The molecule has 0 aliphatic rings. The molecule has 112 valence electrons. The second-order valence-electron chi connectivity index (χ2n) is 5.09. The van der Waals surface area contributed by atoms with E-state index in [1.807, 2.05) is 13.8 Å². The molecule has 2 rings (SSSR count). The molecule has 2 aromatic rings. The molecule has 0 saturated heterocycles. The first-order valence-electron chi connectivity index (χ1n) is 6.52. The molecule has 0 saturated carbocycles. The van der Waals surface area contributed by atoms with E-state index in [9.17, 15) is 9.18 Å². The Morgan fingerprint density at radius 1 is 1.48 bits per heavy atom. The van der Waals surface area contributed by atoms with Crippen molar-refractivity contribution in [1.82, 2.24) is 4.98 Å². The van der Waals surface area contributed by atoms with Crippen LogP contribution in [0.3, 0.4) is 0 Å². The van der Waals surface area contributed by atoms with Crippen LogP contribution in [0.4, 0.5) is 4.39 Å². The normalized spacial score (nSPS) is 10.9. The van der Waals surface area contributed by atoms with Crippen LogP contribution in [0.1, 0.15) is 28.8 Å². The number of benzene rings is 1. The van der Waals surface area contributed by atoms with Crippen molar-refractivity contribution < 1.29 is 19.0 Å². The van der Waals surface area contributed by atoms with E-state index in [0.29, 0.717) is 32.8 Å². The SMILES string of the molecule is Cc1nc(-c2ccc(OCC(C)C)c(F)c2)[se]c1C(=O)O. The number of nitrogens with zero attached hydrogens (tertiary/aromatic N) is 1. The number of hydrogen-bond acceptors (Lipinski definition) is 3. The first kappa shape index (κ1) is 15.7. The van der Waals surface area contributed by atoms with Crippen molar-refractivity contribution in [3.63, 3.8) is 0 Å². The van der Waals surface area contributed by atoms with Crippen molar-refractivity contribution in [2.75, 3.05) is 6.61 Å². The Bertz CT molecular complexity index is 667. The van der Waals surface area contributed by atoms with Gasteiger partial charge in [-0.2, -0.15) is 0 Å². The van der Waals surface area contributed by atoms with E-state index in [1.54, 1.807) is 19.1 Å². The predicted molar refractivity (Wildman–Crippen MR) is 78.6 cm³/mol. The molecule has 0 aliphatic heterocycles. The van der Waals surface area contributed by atoms with Crippen molar-refractivity contribution >= 4 is 20.5 Å². The van der Waals surface area contributed by atoms with Gasteiger partial charge >= 0.3 is 128 Å². The Labute approximate surface area is 128 Å². The molecule has 1 aromatic heterocycles. The van der Waals surface area contributed by atoms with Gasteiger partial charge in [-0.05, 0) is 0 Å². The number of carboxylic acid groups (broad SMARTS) is 1. The van der Waals surface area contributed by atoms with Crippen molar-refractivity contribution in [2.45, 2.75) is 20.8 Å². The van der Waals surface area contributed by atoms with Crippen molar-refractivity contribution in [2.24, 2.45) is 5.92 Å². The zero-order chi connectivity index (χ0) is 15.6. The van der Waals surface area contributed by atoms with Crippen LogP contribution < -0.4 is 4.74 Å². The van der Waals surface area contributed by atoms with Crippen molar-refractivity contribution in [3.05, 3.63) is 34.1 Å². The summed E-state index contributed by atoms with van der Waals surface area (Å²) < 4.78 is 20.3. The minimum absolute atomic E-state index is 0.210. The number of hydrogen-bond donors (Lipinski definition) is 1. The molecule has 0 unspecified atom stereocenters. The summed E-state index contributed by atoms with van der Waals surface area (Å²) in [6.45, 7) is 6.09. The molecule has 0 fully saturated rings. The summed E-state index contributed by atoms with van der Waals surface area (Å²) >= 11 is -0.400. The van der Waals surface area contributed by atoms with E-state index >= 15 is 0 Å². The van der Waals surface area contributed by atoms with Crippen LogP contribution in [0.15, 0.2) is 18.2 Å². The number of aromatic carboxylic acids is 1. The van der Waals surface area contributed by atoms with Crippen LogP contribution in [0, 0.1) is 18.7 Å². The van der Waals surface area contributed by atoms with E-state index in [2.05, 4.69) is 4.98 Å². The molecule has 1 N–H and O–H groups in total. The third-order valence-electron chi connectivity index (χ3n) is 2.74. The van der Waals surface area contributed by atoms with E-state index in [0.717, 1.165) is 0 Å². The Balaban J connectivity index is 2.27. The van der Waals surface area contributed by atoms with Crippen LogP contribution in [0.5, 0.6) is 5.75 Å².